The van der Waals surface area contributed by atoms with Crippen molar-refractivity contribution < 1.29 is 14.4 Å². The van der Waals surface area contributed by atoms with E-state index >= 15 is 0 Å². The summed E-state index contributed by atoms with van der Waals surface area (Å²) in [6.07, 6.45) is 9.01. The minimum Gasteiger partial charge on any atom is -0.369 e. The standard InChI is InChI=1S/C26H27N3O3/c27-24(30)15-17-10-11-23-22(14-17)18(16-29(23)19-6-2-1-3-7-19)12-13-28-25(31)20-8-4-5-9-21(20)26(28)32/h4-5,8-11,14,16,19H,1-3,6-7,12-13,15H2,(H2,27,30). The summed E-state index contributed by atoms with van der Waals surface area (Å²) in [6, 6.07) is 13.5. The van der Waals surface area contributed by atoms with E-state index in [0.29, 0.717) is 30.1 Å². The van der Waals surface area contributed by atoms with Crippen LogP contribution in [-0.2, 0) is 17.6 Å². The van der Waals surface area contributed by atoms with Gasteiger partial charge in [-0.15, -0.1) is 0 Å². The molecular weight excluding hydrogens is 402 g/mol. The number of fused-ring (bicyclic) bond motifs is 2. The van der Waals surface area contributed by atoms with E-state index in [2.05, 4.69) is 16.8 Å². The lowest BCUT2D eigenvalue weighted by Gasteiger charge is -2.24. The number of nitrogens with zero attached hydrogens (tertiary/aromatic N) is 2. The van der Waals surface area contributed by atoms with Gasteiger partial charge in [-0.1, -0.05) is 37.5 Å². The molecule has 2 aromatic carbocycles. The van der Waals surface area contributed by atoms with Crippen molar-refractivity contribution in [1.29, 1.82) is 0 Å². The maximum Gasteiger partial charge on any atom is 0.261 e. The topological polar surface area (TPSA) is 85.4 Å². The van der Waals surface area contributed by atoms with Crippen molar-refractivity contribution >= 4 is 28.6 Å². The third-order valence-corrected chi connectivity index (χ3v) is 6.81. The number of hydrogen-bond donors (Lipinski definition) is 1. The second-order valence-electron chi connectivity index (χ2n) is 8.91. The number of amides is 3. The summed E-state index contributed by atoms with van der Waals surface area (Å²) in [5, 5.41) is 1.07. The van der Waals surface area contributed by atoms with Crippen LogP contribution < -0.4 is 5.73 Å². The van der Waals surface area contributed by atoms with Gasteiger partial charge in [0, 0.05) is 29.7 Å². The Kier molecular flexibility index (Phi) is 5.29. The predicted octanol–water partition coefficient (Wildman–Crippen LogP) is 4.01. The number of imide groups is 1. The molecule has 32 heavy (non-hydrogen) atoms. The molecule has 5 rings (SSSR count). The number of primary amides is 1. The highest BCUT2D eigenvalue weighted by Gasteiger charge is 2.34. The predicted molar refractivity (Wildman–Crippen MR) is 122 cm³/mol. The van der Waals surface area contributed by atoms with Gasteiger partial charge in [-0.05, 0) is 54.7 Å². The summed E-state index contributed by atoms with van der Waals surface area (Å²) in [4.78, 5) is 38.3. The summed E-state index contributed by atoms with van der Waals surface area (Å²) in [6.45, 7) is 0.330. The van der Waals surface area contributed by atoms with Crippen LogP contribution in [0.1, 0.15) is 70.0 Å². The highest BCUT2D eigenvalue weighted by atomic mass is 16.2. The summed E-state index contributed by atoms with van der Waals surface area (Å²) in [7, 11) is 0. The van der Waals surface area contributed by atoms with Gasteiger partial charge in [0.1, 0.15) is 0 Å². The van der Waals surface area contributed by atoms with Crippen molar-refractivity contribution in [3.63, 3.8) is 0 Å². The molecule has 0 spiro atoms. The molecule has 0 saturated heterocycles. The van der Waals surface area contributed by atoms with Crippen molar-refractivity contribution in [3.05, 3.63) is 70.9 Å². The van der Waals surface area contributed by atoms with Gasteiger partial charge in [-0.3, -0.25) is 19.3 Å². The molecule has 6 heteroatoms. The second kappa shape index (κ2) is 8.26. The first kappa shape index (κ1) is 20.5. The van der Waals surface area contributed by atoms with E-state index in [1.165, 1.54) is 24.2 Å². The Hall–Kier alpha value is -3.41. The molecule has 1 aliphatic carbocycles. The van der Waals surface area contributed by atoms with Crippen LogP contribution in [0.25, 0.3) is 10.9 Å². The van der Waals surface area contributed by atoms with Crippen molar-refractivity contribution in [1.82, 2.24) is 9.47 Å². The lowest BCUT2D eigenvalue weighted by atomic mass is 9.95. The Morgan fingerprint density at radius 3 is 2.31 bits per heavy atom. The average molecular weight is 430 g/mol. The van der Waals surface area contributed by atoms with Gasteiger partial charge in [0.15, 0.2) is 0 Å². The van der Waals surface area contributed by atoms with E-state index in [1.54, 1.807) is 24.3 Å². The highest BCUT2D eigenvalue weighted by Crippen LogP contribution is 2.34. The second-order valence-corrected chi connectivity index (χ2v) is 8.91. The molecule has 164 valence electrons. The lowest BCUT2D eigenvalue weighted by molar-refractivity contribution is -0.117. The number of aromatic nitrogens is 1. The molecular formula is C26H27N3O3. The van der Waals surface area contributed by atoms with Crippen molar-refractivity contribution in [2.45, 2.75) is 51.0 Å². The molecule has 0 atom stereocenters. The highest BCUT2D eigenvalue weighted by molar-refractivity contribution is 6.21. The van der Waals surface area contributed by atoms with Crippen LogP contribution in [0.3, 0.4) is 0 Å². The zero-order valence-corrected chi connectivity index (χ0v) is 18.0. The van der Waals surface area contributed by atoms with E-state index in [9.17, 15) is 14.4 Å². The number of nitrogens with two attached hydrogens (primary N) is 1. The molecule has 0 unspecified atom stereocenters. The molecule has 2 heterocycles. The molecule has 3 amide bonds. The fourth-order valence-corrected chi connectivity index (χ4v) is 5.22. The normalized spacial score (nSPS) is 16.7. The molecule has 6 nitrogen and oxygen atoms in total. The first-order chi connectivity index (χ1) is 15.5. The van der Waals surface area contributed by atoms with Gasteiger partial charge in [-0.2, -0.15) is 0 Å². The van der Waals surface area contributed by atoms with Crippen molar-refractivity contribution in [2.24, 2.45) is 5.73 Å². The molecule has 2 aliphatic rings. The fourth-order valence-electron chi connectivity index (χ4n) is 5.22. The van der Waals surface area contributed by atoms with Crippen LogP contribution in [-0.4, -0.2) is 33.7 Å². The molecule has 0 bridgehead atoms. The van der Waals surface area contributed by atoms with Crippen LogP contribution >= 0.6 is 0 Å². The Labute approximate surface area is 187 Å². The van der Waals surface area contributed by atoms with Gasteiger partial charge in [0.05, 0.1) is 17.5 Å². The van der Waals surface area contributed by atoms with Crippen molar-refractivity contribution in [2.75, 3.05) is 6.54 Å². The Morgan fingerprint density at radius 2 is 1.66 bits per heavy atom. The van der Waals surface area contributed by atoms with Crippen LogP contribution in [0.5, 0.6) is 0 Å². The maximum atomic E-state index is 12.8. The quantitative estimate of drug-likeness (QED) is 0.601. The van der Waals surface area contributed by atoms with Crippen LogP contribution in [0.2, 0.25) is 0 Å². The lowest BCUT2D eigenvalue weighted by Crippen LogP contribution is -2.31. The maximum absolute atomic E-state index is 12.8. The summed E-state index contributed by atoms with van der Waals surface area (Å²) in [5.74, 6) is -0.810. The molecule has 1 saturated carbocycles. The van der Waals surface area contributed by atoms with E-state index < -0.39 is 0 Å². The summed E-state index contributed by atoms with van der Waals surface area (Å²) >= 11 is 0. The number of hydrogen-bond acceptors (Lipinski definition) is 3. The van der Waals surface area contributed by atoms with Crippen LogP contribution in [0, 0.1) is 0 Å². The molecule has 1 fully saturated rings. The zero-order chi connectivity index (χ0) is 22.2. The molecule has 2 N–H and O–H groups in total. The minimum atomic E-state index is -0.358. The number of rotatable bonds is 6. The Balaban J connectivity index is 1.46. The molecule has 1 aliphatic heterocycles. The van der Waals surface area contributed by atoms with Gasteiger partial charge >= 0.3 is 0 Å². The van der Waals surface area contributed by atoms with E-state index in [1.807, 2.05) is 12.1 Å². The molecule has 0 radical (unpaired) electrons. The Bertz CT molecular complexity index is 1190. The van der Waals surface area contributed by atoms with Gasteiger partial charge in [-0.25, -0.2) is 0 Å². The third kappa shape index (κ3) is 3.60. The number of benzene rings is 2. The average Bonchev–Trinajstić information content (AvgIpc) is 3.28. The first-order valence-electron chi connectivity index (χ1n) is 11.4. The number of carbonyl (C=O) groups is 3. The first-order valence-corrected chi connectivity index (χ1v) is 11.4. The van der Waals surface area contributed by atoms with Gasteiger partial charge < -0.3 is 10.3 Å². The fraction of sp³-hybridized carbons (Fsp3) is 0.346. The van der Waals surface area contributed by atoms with E-state index in [4.69, 9.17) is 5.73 Å². The molecule has 1 aromatic heterocycles. The number of carbonyl (C=O) groups excluding carboxylic acids is 3. The summed E-state index contributed by atoms with van der Waals surface area (Å²) in [5.41, 5.74) is 9.49. The largest absolute Gasteiger partial charge is 0.369 e. The van der Waals surface area contributed by atoms with E-state index in [-0.39, 0.29) is 24.1 Å². The van der Waals surface area contributed by atoms with Crippen LogP contribution in [0.15, 0.2) is 48.7 Å². The van der Waals surface area contributed by atoms with Crippen LogP contribution in [0.4, 0.5) is 0 Å². The third-order valence-electron chi connectivity index (χ3n) is 6.81. The zero-order valence-electron chi connectivity index (χ0n) is 18.0. The van der Waals surface area contributed by atoms with E-state index in [0.717, 1.165) is 34.9 Å². The monoisotopic (exact) mass is 429 g/mol. The van der Waals surface area contributed by atoms with Gasteiger partial charge in [0.2, 0.25) is 5.91 Å². The van der Waals surface area contributed by atoms with Gasteiger partial charge in [0.25, 0.3) is 11.8 Å². The Morgan fingerprint density at radius 1 is 0.969 bits per heavy atom. The minimum absolute atomic E-state index is 0.197. The van der Waals surface area contributed by atoms with Crippen molar-refractivity contribution in [3.8, 4) is 0 Å². The smallest absolute Gasteiger partial charge is 0.261 e. The summed E-state index contributed by atoms with van der Waals surface area (Å²) < 4.78 is 2.36. The molecule has 3 aromatic rings. The SMILES string of the molecule is NC(=O)Cc1ccc2c(c1)c(CCN1C(=O)c3ccccc3C1=O)cn2C1CCCCC1.